The summed E-state index contributed by atoms with van der Waals surface area (Å²) >= 11 is 3.40. The standard InChI is InChI=1S/C12H10BrN3O/c1-8-2-3-11(10(13)4-8)16-12(17)9-5-14-7-15-6-9/h2-7H,1H3,(H,16,17). The van der Waals surface area contributed by atoms with Gasteiger partial charge in [-0.05, 0) is 40.5 Å². The minimum Gasteiger partial charge on any atom is -0.321 e. The first-order valence-corrected chi connectivity index (χ1v) is 5.78. The van der Waals surface area contributed by atoms with Gasteiger partial charge < -0.3 is 5.32 Å². The molecule has 86 valence electrons. The van der Waals surface area contributed by atoms with Crippen LogP contribution in [-0.4, -0.2) is 15.9 Å². The Morgan fingerprint density at radius 1 is 1.29 bits per heavy atom. The van der Waals surface area contributed by atoms with E-state index in [1.807, 2.05) is 25.1 Å². The molecule has 0 aliphatic heterocycles. The first-order chi connectivity index (χ1) is 8.16. The molecule has 1 heterocycles. The van der Waals surface area contributed by atoms with E-state index in [2.05, 4.69) is 31.2 Å². The molecular weight excluding hydrogens is 282 g/mol. The van der Waals surface area contributed by atoms with Crippen molar-refractivity contribution in [3.8, 4) is 0 Å². The Morgan fingerprint density at radius 2 is 2.00 bits per heavy atom. The van der Waals surface area contributed by atoms with Crippen LogP contribution >= 0.6 is 15.9 Å². The van der Waals surface area contributed by atoms with Crippen molar-refractivity contribution in [3.63, 3.8) is 0 Å². The van der Waals surface area contributed by atoms with E-state index >= 15 is 0 Å². The molecule has 0 saturated carbocycles. The molecule has 2 aromatic rings. The number of nitrogens with one attached hydrogen (secondary N) is 1. The smallest absolute Gasteiger partial charge is 0.258 e. The van der Waals surface area contributed by atoms with Crippen LogP contribution in [0.15, 0.2) is 41.4 Å². The second-order valence-corrected chi connectivity index (χ2v) is 4.42. The van der Waals surface area contributed by atoms with Crippen LogP contribution in [0.3, 0.4) is 0 Å². The summed E-state index contributed by atoms with van der Waals surface area (Å²) < 4.78 is 0.850. The lowest BCUT2D eigenvalue weighted by Gasteiger charge is -2.07. The second-order valence-electron chi connectivity index (χ2n) is 3.56. The fourth-order valence-electron chi connectivity index (χ4n) is 1.33. The van der Waals surface area contributed by atoms with Gasteiger partial charge in [0.05, 0.1) is 11.3 Å². The van der Waals surface area contributed by atoms with Crippen molar-refractivity contribution < 1.29 is 4.79 Å². The fraction of sp³-hybridized carbons (Fsp3) is 0.0833. The molecule has 1 N–H and O–H groups in total. The van der Waals surface area contributed by atoms with Crippen molar-refractivity contribution in [1.82, 2.24) is 9.97 Å². The van der Waals surface area contributed by atoms with Gasteiger partial charge >= 0.3 is 0 Å². The lowest BCUT2D eigenvalue weighted by molar-refractivity contribution is 0.102. The van der Waals surface area contributed by atoms with Gasteiger partial charge in [-0.2, -0.15) is 0 Å². The molecule has 17 heavy (non-hydrogen) atoms. The van der Waals surface area contributed by atoms with Crippen molar-refractivity contribution in [1.29, 1.82) is 0 Å². The average molecular weight is 292 g/mol. The Balaban J connectivity index is 2.19. The van der Waals surface area contributed by atoms with Gasteiger partial charge in [0.1, 0.15) is 6.33 Å². The highest BCUT2D eigenvalue weighted by molar-refractivity contribution is 9.10. The van der Waals surface area contributed by atoms with Crippen LogP contribution in [0.2, 0.25) is 0 Å². The second kappa shape index (κ2) is 5.05. The zero-order chi connectivity index (χ0) is 12.3. The summed E-state index contributed by atoms with van der Waals surface area (Å²) in [5, 5.41) is 2.79. The van der Waals surface area contributed by atoms with Gasteiger partial charge in [0, 0.05) is 16.9 Å². The van der Waals surface area contributed by atoms with Crippen LogP contribution in [0.4, 0.5) is 5.69 Å². The van der Waals surface area contributed by atoms with Crippen molar-refractivity contribution in [3.05, 3.63) is 52.5 Å². The molecule has 0 fully saturated rings. The SMILES string of the molecule is Cc1ccc(NC(=O)c2cncnc2)c(Br)c1. The maximum atomic E-state index is 11.8. The third-order valence-electron chi connectivity index (χ3n) is 2.20. The molecule has 1 aromatic carbocycles. The molecule has 2 rings (SSSR count). The molecule has 0 saturated heterocycles. The largest absolute Gasteiger partial charge is 0.321 e. The molecule has 0 bridgehead atoms. The van der Waals surface area contributed by atoms with Crippen molar-refractivity contribution in [2.45, 2.75) is 6.92 Å². The van der Waals surface area contributed by atoms with Gasteiger partial charge in [0.2, 0.25) is 0 Å². The fourth-order valence-corrected chi connectivity index (χ4v) is 1.92. The monoisotopic (exact) mass is 291 g/mol. The van der Waals surface area contributed by atoms with Gasteiger partial charge in [0.15, 0.2) is 0 Å². The van der Waals surface area contributed by atoms with Crippen LogP contribution in [0.1, 0.15) is 15.9 Å². The maximum Gasteiger partial charge on any atom is 0.258 e. The Labute approximate surface area is 107 Å². The van der Waals surface area contributed by atoms with Crippen LogP contribution in [-0.2, 0) is 0 Å². The Kier molecular flexibility index (Phi) is 3.49. The summed E-state index contributed by atoms with van der Waals surface area (Å²) in [5.41, 5.74) is 2.28. The third-order valence-corrected chi connectivity index (χ3v) is 2.85. The molecule has 0 spiro atoms. The summed E-state index contributed by atoms with van der Waals surface area (Å²) in [4.78, 5) is 19.4. The molecule has 0 aliphatic rings. The molecule has 0 atom stereocenters. The number of rotatable bonds is 2. The first kappa shape index (κ1) is 11.7. The number of amides is 1. The zero-order valence-electron chi connectivity index (χ0n) is 9.14. The number of aryl methyl sites for hydroxylation is 1. The highest BCUT2D eigenvalue weighted by Crippen LogP contribution is 2.23. The zero-order valence-corrected chi connectivity index (χ0v) is 10.7. The van der Waals surface area contributed by atoms with Gasteiger partial charge in [-0.1, -0.05) is 6.07 Å². The average Bonchev–Trinajstić information content (AvgIpc) is 2.34. The Hall–Kier alpha value is -1.75. The minimum absolute atomic E-state index is 0.227. The highest BCUT2D eigenvalue weighted by atomic mass is 79.9. The number of hydrogen-bond donors (Lipinski definition) is 1. The van der Waals surface area contributed by atoms with Crippen LogP contribution in [0, 0.1) is 6.92 Å². The topological polar surface area (TPSA) is 54.9 Å². The number of benzene rings is 1. The van der Waals surface area contributed by atoms with E-state index in [0.717, 1.165) is 15.7 Å². The molecule has 0 aliphatic carbocycles. The number of carbonyl (C=O) groups is 1. The molecule has 0 unspecified atom stereocenters. The minimum atomic E-state index is -0.227. The van der Waals surface area contributed by atoms with E-state index in [1.165, 1.54) is 18.7 Å². The summed E-state index contributed by atoms with van der Waals surface area (Å²) in [5.74, 6) is -0.227. The lowest BCUT2D eigenvalue weighted by Crippen LogP contribution is -2.12. The van der Waals surface area contributed by atoms with E-state index in [-0.39, 0.29) is 5.91 Å². The van der Waals surface area contributed by atoms with Gasteiger partial charge in [-0.15, -0.1) is 0 Å². The first-order valence-electron chi connectivity index (χ1n) is 4.99. The van der Waals surface area contributed by atoms with Gasteiger partial charge in [-0.3, -0.25) is 4.79 Å². The molecule has 1 amide bonds. The van der Waals surface area contributed by atoms with E-state index < -0.39 is 0 Å². The summed E-state index contributed by atoms with van der Waals surface area (Å²) in [6.45, 7) is 1.99. The number of aromatic nitrogens is 2. The Morgan fingerprint density at radius 3 is 2.65 bits per heavy atom. The van der Waals surface area contributed by atoms with E-state index in [1.54, 1.807) is 0 Å². The van der Waals surface area contributed by atoms with E-state index in [0.29, 0.717) is 5.56 Å². The number of carbonyl (C=O) groups excluding carboxylic acids is 1. The van der Waals surface area contributed by atoms with Crippen molar-refractivity contribution >= 4 is 27.5 Å². The number of halogens is 1. The molecular formula is C12H10BrN3O. The number of nitrogens with zero attached hydrogens (tertiary/aromatic N) is 2. The summed E-state index contributed by atoms with van der Waals surface area (Å²) in [7, 11) is 0. The number of anilines is 1. The van der Waals surface area contributed by atoms with Crippen molar-refractivity contribution in [2.24, 2.45) is 0 Å². The van der Waals surface area contributed by atoms with Gasteiger partial charge in [0.25, 0.3) is 5.91 Å². The molecule has 1 aromatic heterocycles. The predicted octanol–water partition coefficient (Wildman–Crippen LogP) is 2.80. The maximum absolute atomic E-state index is 11.8. The highest BCUT2D eigenvalue weighted by Gasteiger charge is 2.08. The summed E-state index contributed by atoms with van der Waals surface area (Å²) in [6.07, 6.45) is 4.34. The normalized spacial score (nSPS) is 10.0. The quantitative estimate of drug-likeness (QED) is 0.926. The van der Waals surface area contributed by atoms with Crippen LogP contribution < -0.4 is 5.32 Å². The predicted molar refractivity (Wildman–Crippen MR) is 68.9 cm³/mol. The van der Waals surface area contributed by atoms with Crippen molar-refractivity contribution in [2.75, 3.05) is 5.32 Å². The Bertz CT molecular complexity index is 543. The van der Waals surface area contributed by atoms with E-state index in [9.17, 15) is 4.79 Å². The molecule has 0 radical (unpaired) electrons. The van der Waals surface area contributed by atoms with E-state index in [4.69, 9.17) is 0 Å². The number of hydrogen-bond acceptors (Lipinski definition) is 3. The van der Waals surface area contributed by atoms with Crippen LogP contribution in [0.5, 0.6) is 0 Å². The summed E-state index contributed by atoms with van der Waals surface area (Å²) in [6, 6.07) is 5.72. The van der Waals surface area contributed by atoms with Crippen LogP contribution in [0.25, 0.3) is 0 Å². The van der Waals surface area contributed by atoms with Gasteiger partial charge in [-0.25, -0.2) is 9.97 Å². The molecule has 5 heteroatoms. The third kappa shape index (κ3) is 2.88. The molecule has 4 nitrogen and oxygen atoms in total. The lowest BCUT2D eigenvalue weighted by atomic mass is 10.2.